The van der Waals surface area contributed by atoms with Gasteiger partial charge in [-0.2, -0.15) is 11.8 Å². The number of carbonyl (C=O) groups excluding carboxylic acids is 1. The van der Waals surface area contributed by atoms with Crippen molar-refractivity contribution in [2.75, 3.05) is 18.1 Å². The SMILES string of the molecule is CCCC1NC2(CCCC2)C(=O)N1CC1CCSCC1. The van der Waals surface area contributed by atoms with Crippen LogP contribution in [-0.4, -0.2) is 40.6 Å². The molecule has 20 heavy (non-hydrogen) atoms. The van der Waals surface area contributed by atoms with Crippen LogP contribution < -0.4 is 5.32 Å². The summed E-state index contributed by atoms with van der Waals surface area (Å²) in [6.45, 7) is 3.22. The second-order valence-corrected chi connectivity index (χ2v) is 7.98. The number of nitrogens with zero attached hydrogens (tertiary/aromatic N) is 1. The normalized spacial score (nSPS) is 30.6. The molecule has 1 aliphatic carbocycles. The first-order valence-electron chi connectivity index (χ1n) is 8.42. The molecular weight excluding hydrogens is 268 g/mol. The van der Waals surface area contributed by atoms with Gasteiger partial charge in [-0.05, 0) is 49.5 Å². The minimum absolute atomic E-state index is 0.177. The molecule has 3 nitrogen and oxygen atoms in total. The Bertz CT molecular complexity index is 348. The molecular formula is C16H28N2OS. The summed E-state index contributed by atoms with van der Waals surface area (Å²) in [5.41, 5.74) is -0.177. The Kier molecular flexibility index (Phi) is 4.61. The molecule has 2 heterocycles. The molecule has 3 aliphatic rings. The number of nitrogens with one attached hydrogen (secondary N) is 1. The summed E-state index contributed by atoms with van der Waals surface area (Å²) in [5.74, 6) is 3.72. The first-order valence-corrected chi connectivity index (χ1v) is 9.57. The van der Waals surface area contributed by atoms with Crippen LogP contribution in [0.15, 0.2) is 0 Å². The van der Waals surface area contributed by atoms with Crippen molar-refractivity contribution in [3.63, 3.8) is 0 Å². The highest BCUT2D eigenvalue weighted by atomic mass is 32.2. The van der Waals surface area contributed by atoms with Crippen molar-refractivity contribution < 1.29 is 4.79 Å². The van der Waals surface area contributed by atoms with E-state index in [-0.39, 0.29) is 5.54 Å². The van der Waals surface area contributed by atoms with E-state index >= 15 is 0 Å². The van der Waals surface area contributed by atoms with Gasteiger partial charge >= 0.3 is 0 Å². The lowest BCUT2D eigenvalue weighted by molar-refractivity contribution is -0.133. The quantitative estimate of drug-likeness (QED) is 0.865. The molecule has 0 aromatic carbocycles. The highest BCUT2D eigenvalue weighted by Gasteiger charge is 2.52. The van der Waals surface area contributed by atoms with Crippen LogP contribution in [0.5, 0.6) is 0 Å². The predicted octanol–water partition coefficient (Wildman–Crippen LogP) is 3.00. The third kappa shape index (κ3) is 2.74. The number of rotatable bonds is 4. The zero-order valence-electron chi connectivity index (χ0n) is 12.7. The molecule has 114 valence electrons. The van der Waals surface area contributed by atoms with Crippen LogP contribution in [0.25, 0.3) is 0 Å². The molecule has 3 fully saturated rings. The van der Waals surface area contributed by atoms with Crippen molar-refractivity contribution in [1.29, 1.82) is 0 Å². The van der Waals surface area contributed by atoms with E-state index in [1.165, 1.54) is 37.2 Å². The van der Waals surface area contributed by atoms with Gasteiger partial charge in [0.15, 0.2) is 0 Å². The van der Waals surface area contributed by atoms with E-state index in [4.69, 9.17) is 0 Å². The summed E-state index contributed by atoms with van der Waals surface area (Å²) in [6, 6.07) is 0. The Morgan fingerprint density at radius 3 is 2.65 bits per heavy atom. The molecule has 0 aromatic heterocycles. The van der Waals surface area contributed by atoms with Gasteiger partial charge in [-0.15, -0.1) is 0 Å². The Labute approximate surface area is 127 Å². The zero-order valence-corrected chi connectivity index (χ0v) is 13.5. The Balaban J connectivity index is 1.70. The van der Waals surface area contributed by atoms with Gasteiger partial charge < -0.3 is 4.90 Å². The average Bonchev–Trinajstić information content (AvgIpc) is 3.03. The van der Waals surface area contributed by atoms with Crippen molar-refractivity contribution in [2.45, 2.75) is 70.0 Å². The van der Waals surface area contributed by atoms with E-state index in [0.717, 1.165) is 38.1 Å². The van der Waals surface area contributed by atoms with Gasteiger partial charge in [0.25, 0.3) is 0 Å². The van der Waals surface area contributed by atoms with Gasteiger partial charge in [0.1, 0.15) is 0 Å². The molecule has 1 saturated carbocycles. The second kappa shape index (κ2) is 6.27. The summed E-state index contributed by atoms with van der Waals surface area (Å²) in [5, 5.41) is 3.73. The monoisotopic (exact) mass is 296 g/mol. The lowest BCUT2D eigenvalue weighted by Crippen LogP contribution is -2.44. The van der Waals surface area contributed by atoms with Crippen LogP contribution in [0.2, 0.25) is 0 Å². The van der Waals surface area contributed by atoms with Crippen molar-refractivity contribution in [2.24, 2.45) is 5.92 Å². The molecule has 4 heteroatoms. The van der Waals surface area contributed by atoms with E-state index in [1.807, 2.05) is 0 Å². The first-order chi connectivity index (χ1) is 9.75. The largest absolute Gasteiger partial charge is 0.325 e. The average molecular weight is 296 g/mol. The van der Waals surface area contributed by atoms with Gasteiger partial charge in [0.2, 0.25) is 5.91 Å². The molecule has 0 radical (unpaired) electrons. The van der Waals surface area contributed by atoms with Crippen LogP contribution in [-0.2, 0) is 4.79 Å². The maximum atomic E-state index is 12.9. The molecule has 1 spiro atoms. The molecule has 2 saturated heterocycles. The third-order valence-corrected chi connectivity index (χ3v) is 6.35. The van der Waals surface area contributed by atoms with Crippen molar-refractivity contribution in [1.82, 2.24) is 10.2 Å². The molecule has 0 aromatic rings. The van der Waals surface area contributed by atoms with Crippen molar-refractivity contribution >= 4 is 17.7 Å². The van der Waals surface area contributed by atoms with Crippen LogP contribution >= 0.6 is 11.8 Å². The number of amides is 1. The highest BCUT2D eigenvalue weighted by molar-refractivity contribution is 7.99. The standard InChI is InChI=1S/C16H28N2OS/c1-2-5-14-17-16(8-3-4-9-16)15(19)18(14)12-13-6-10-20-11-7-13/h13-14,17H,2-12H2,1H3. The minimum atomic E-state index is -0.177. The van der Waals surface area contributed by atoms with Gasteiger partial charge in [0, 0.05) is 6.54 Å². The van der Waals surface area contributed by atoms with Gasteiger partial charge in [0.05, 0.1) is 11.7 Å². The van der Waals surface area contributed by atoms with Crippen LogP contribution in [0, 0.1) is 5.92 Å². The van der Waals surface area contributed by atoms with Gasteiger partial charge in [-0.25, -0.2) is 0 Å². The summed E-state index contributed by atoms with van der Waals surface area (Å²) in [4.78, 5) is 15.2. The fourth-order valence-electron chi connectivity index (χ4n) is 4.13. The van der Waals surface area contributed by atoms with Crippen molar-refractivity contribution in [3.05, 3.63) is 0 Å². The molecule has 3 rings (SSSR count). The molecule has 1 atom stereocenters. The summed E-state index contributed by atoms with van der Waals surface area (Å²) < 4.78 is 0. The molecule has 1 unspecified atom stereocenters. The predicted molar refractivity (Wildman–Crippen MR) is 84.8 cm³/mol. The summed E-state index contributed by atoms with van der Waals surface area (Å²) >= 11 is 2.07. The van der Waals surface area contributed by atoms with Crippen LogP contribution in [0.3, 0.4) is 0 Å². The molecule has 1 amide bonds. The van der Waals surface area contributed by atoms with Crippen molar-refractivity contribution in [3.8, 4) is 0 Å². The number of carbonyl (C=O) groups is 1. The number of thioether (sulfide) groups is 1. The lowest BCUT2D eigenvalue weighted by atomic mass is 9.97. The van der Waals surface area contributed by atoms with Crippen LogP contribution in [0.4, 0.5) is 0 Å². The minimum Gasteiger partial charge on any atom is -0.325 e. The molecule has 2 aliphatic heterocycles. The fourth-order valence-corrected chi connectivity index (χ4v) is 5.33. The molecule has 0 bridgehead atoms. The number of hydrogen-bond donors (Lipinski definition) is 1. The van der Waals surface area contributed by atoms with E-state index in [9.17, 15) is 4.79 Å². The summed E-state index contributed by atoms with van der Waals surface area (Å²) in [6.07, 6.45) is 9.69. The summed E-state index contributed by atoms with van der Waals surface area (Å²) in [7, 11) is 0. The van der Waals surface area contributed by atoms with E-state index < -0.39 is 0 Å². The Morgan fingerprint density at radius 1 is 1.30 bits per heavy atom. The fraction of sp³-hybridized carbons (Fsp3) is 0.938. The lowest BCUT2D eigenvalue weighted by Gasteiger charge is -2.30. The highest BCUT2D eigenvalue weighted by Crippen LogP contribution is 2.38. The maximum Gasteiger partial charge on any atom is 0.244 e. The molecule has 1 N–H and O–H groups in total. The van der Waals surface area contributed by atoms with E-state index in [0.29, 0.717) is 12.1 Å². The smallest absolute Gasteiger partial charge is 0.244 e. The third-order valence-electron chi connectivity index (χ3n) is 5.30. The van der Waals surface area contributed by atoms with E-state index in [1.54, 1.807) is 0 Å². The first kappa shape index (κ1) is 14.7. The maximum absolute atomic E-state index is 12.9. The zero-order chi connectivity index (χ0) is 14.0. The topological polar surface area (TPSA) is 32.3 Å². The van der Waals surface area contributed by atoms with Crippen LogP contribution in [0.1, 0.15) is 58.3 Å². The van der Waals surface area contributed by atoms with E-state index in [2.05, 4.69) is 28.9 Å². The van der Waals surface area contributed by atoms with Gasteiger partial charge in [-0.1, -0.05) is 26.2 Å². The Morgan fingerprint density at radius 2 is 2.00 bits per heavy atom. The Hall–Kier alpha value is -0.220. The number of hydrogen-bond acceptors (Lipinski definition) is 3. The second-order valence-electron chi connectivity index (χ2n) is 6.75. The van der Waals surface area contributed by atoms with Gasteiger partial charge in [-0.3, -0.25) is 10.1 Å².